The Morgan fingerprint density at radius 3 is 2.44 bits per heavy atom. The largest absolute Gasteiger partial charge is 0.460 e. The van der Waals surface area contributed by atoms with Gasteiger partial charge in [0.1, 0.15) is 5.82 Å². The van der Waals surface area contributed by atoms with Crippen molar-refractivity contribution >= 4 is 11.8 Å². The van der Waals surface area contributed by atoms with E-state index in [1.165, 1.54) is 12.1 Å². The van der Waals surface area contributed by atoms with E-state index in [9.17, 15) is 14.0 Å². The molecule has 0 spiro atoms. The third-order valence-electron chi connectivity index (χ3n) is 5.01. The van der Waals surface area contributed by atoms with Gasteiger partial charge in [-0.2, -0.15) is 0 Å². The van der Waals surface area contributed by atoms with Crippen molar-refractivity contribution in [2.45, 2.75) is 59.5 Å². The standard InChI is InChI=1S/C22H26FNO3/c1-12(2)27-21(26)18-13(3)24-16-10-22(4,5)11-17(25)20(16)19(18)14-6-8-15(23)9-7-14/h6-9,12,19,24H,10-11H2,1-5H3/t19-/m0/s1. The summed E-state index contributed by atoms with van der Waals surface area (Å²) in [5.74, 6) is -1.33. The number of carbonyl (C=O) groups excluding carboxylic acids is 2. The maximum absolute atomic E-state index is 13.5. The fraction of sp³-hybridized carbons (Fsp3) is 0.455. The second-order valence-electron chi connectivity index (χ2n) is 8.44. The first kappa shape index (κ1) is 19.3. The third kappa shape index (κ3) is 3.82. The summed E-state index contributed by atoms with van der Waals surface area (Å²) >= 11 is 0. The predicted molar refractivity (Wildman–Crippen MR) is 101 cm³/mol. The Morgan fingerprint density at radius 2 is 1.85 bits per heavy atom. The molecule has 0 unspecified atom stereocenters. The van der Waals surface area contributed by atoms with E-state index in [2.05, 4.69) is 19.2 Å². The molecule has 0 aromatic heterocycles. The minimum Gasteiger partial charge on any atom is -0.460 e. The van der Waals surface area contributed by atoms with Crippen molar-refractivity contribution in [1.82, 2.24) is 5.32 Å². The van der Waals surface area contributed by atoms with Crippen LogP contribution in [0.15, 0.2) is 46.8 Å². The molecule has 0 amide bonds. The number of hydrogen-bond donors (Lipinski definition) is 1. The van der Waals surface area contributed by atoms with Gasteiger partial charge in [-0.25, -0.2) is 9.18 Å². The minimum atomic E-state index is -0.545. The lowest BCUT2D eigenvalue weighted by Gasteiger charge is -2.39. The van der Waals surface area contributed by atoms with E-state index < -0.39 is 11.9 Å². The van der Waals surface area contributed by atoms with Gasteiger partial charge in [0.2, 0.25) is 0 Å². The molecule has 1 aliphatic carbocycles. The first-order valence-corrected chi connectivity index (χ1v) is 9.29. The molecule has 144 valence electrons. The summed E-state index contributed by atoms with van der Waals surface area (Å²) in [5.41, 5.74) is 3.12. The van der Waals surface area contributed by atoms with E-state index in [0.717, 1.165) is 12.1 Å². The fourth-order valence-corrected chi connectivity index (χ4v) is 3.97. The number of ether oxygens (including phenoxy) is 1. The number of Topliss-reactive ketones (excluding diaryl/α,β-unsaturated/α-hetero) is 1. The Labute approximate surface area is 159 Å². The normalized spacial score (nSPS) is 21.9. The quantitative estimate of drug-likeness (QED) is 0.801. The number of carbonyl (C=O) groups is 2. The molecule has 2 aliphatic rings. The van der Waals surface area contributed by atoms with E-state index in [1.807, 2.05) is 6.92 Å². The van der Waals surface area contributed by atoms with Crippen LogP contribution < -0.4 is 5.32 Å². The van der Waals surface area contributed by atoms with Crippen LogP contribution in [-0.4, -0.2) is 17.9 Å². The third-order valence-corrected chi connectivity index (χ3v) is 5.01. The van der Waals surface area contributed by atoms with Crippen molar-refractivity contribution < 1.29 is 18.7 Å². The number of rotatable bonds is 3. The Hall–Kier alpha value is -2.43. The molecule has 4 nitrogen and oxygen atoms in total. The Balaban J connectivity index is 2.15. The van der Waals surface area contributed by atoms with Crippen LogP contribution in [-0.2, 0) is 14.3 Å². The highest BCUT2D eigenvalue weighted by Crippen LogP contribution is 2.46. The first-order chi connectivity index (χ1) is 12.6. The van der Waals surface area contributed by atoms with Gasteiger partial charge in [-0.15, -0.1) is 0 Å². The van der Waals surface area contributed by atoms with E-state index in [-0.39, 0.29) is 23.1 Å². The summed E-state index contributed by atoms with van der Waals surface area (Å²) in [6.45, 7) is 9.52. The molecule has 3 rings (SSSR count). The number of allylic oxidation sites excluding steroid dienone is 3. The zero-order valence-corrected chi connectivity index (χ0v) is 16.5. The summed E-state index contributed by atoms with van der Waals surface area (Å²) in [5, 5.41) is 3.28. The molecule has 1 aromatic rings. The van der Waals surface area contributed by atoms with Gasteiger partial charge in [-0.1, -0.05) is 26.0 Å². The van der Waals surface area contributed by atoms with Gasteiger partial charge in [0.05, 0.1) is 11.7 Å². The molecule has 1 N–H and O–H groups in total. The zero-order valence-electron chi connectivity index (χ0n) is 16.5. The van der Waals surface area contributed by atoms with Crippen LogP contribution in [0.5, 0.6) is 0 Å². The highest BCUT2D eigenvalue weighted by atomic mass is 19.1. The molecular weight excluding hydrogens is 345 g/mol. The van der Waals surface area contributed by atoms with Crippen LogP contribution in [0.25, 0.3) is 0 Å². The first-order valence-electron chi connectivity index (χ1n) is 9.29. The number of benzene rings is 1. The molecule has 0 radical (unpaired) electrons. The summed E-state index contributed by atoms with van der Waals surface area (Å²) < 4.78 is 18.9. The maximum atomic E-state index is 13.5. The summed E-state index contributed by atoms with van der Waals surface area (Å²) in [6.07, 6.45) is 0.856. The fourth-order valence-electron chi connectivity index (χ4n) is 3.97. The molecule has 1 atom stereocenters. The number of dihydropyridines is 1. The SMILES string of the molecule is CC1=C(C(=O)OC(C)C)[C@H](c2ccc(F)cc2)C2=C(CC(C)(C)CC2=O)N1. The van der Waals surface area contributed by atoms with Crippen LogP contribution >= 0.6 is 0 Å². The van der Waals surface area contributed by atoms with Gasteiger partial charge < -0.3 is 10.1 Å². The number of ketones is 1. The van der Waals surface area contributed by atoms with E-state index in [0.29, 0.717) is 28.8 Å². The van der Waals surface area contributed by atoms with Crippen molar-refractivity contribution in [2.24, 2.45) is 5.41 Å². The number of nitrogens with one attached hydrogen (secondary N) is 1. The smallest absolute Gasteiger partial charge is 0.337 e. The average molecular weight is 371 g/mol. The lowest BCUT2D eigenvalue weighted by atomic mass is 9.68. The molecular formula is C22H26FNO3. The van der Waals surface area contributed by atoms with Crippen LogP contribution in [0.2, 0.25) is 0 Å². The zero-order chi connectivity index (χ0) is 19.9. The minimum absolute atomic E-state index is 0.0189. The Kier molecular flexibility index (Phi) is 4.98. The van der Waals surface area contributed by atoms with Gasteiger partial charge in [0.15, 0.2) is 5.78 Å². The molecule has 0 saturated carbocycles. The van der Waals surface area contributed by atoms with Crippen LogP contribution in [0.1, 0.15) is 58.9 Å². The van der Waals surface area contributed by atoms with Crippen molar-refractivity contribution in [1.29, 1.82) is 0 Å². The van der Waals surface area contributed by atoms with Crippen LogP contribution in [0, 0.1) is 11.2 Å². The van der Waals surface area contributed by atoms with Gasteiger partial charge >= 0.3 is 5.97 Å². The second kappa shape index (κ2) is 6.95. The number of esters is 1. The predicted octanol–water partition coefficient (Wildman–Crippen LogP) is 4.38. The summed E-state index contributed by atoms with van der Waals surface area (Å²) in [7, 11) is 0. The average Bonchev–Trinajstić information content (AvgIpc) is 2.52. The topological polar surface area (TPSA) is 55.4 Å². The lowest BCUT2D eigenvalue weighted by Crippen LogP contribution is -2.39. The van der Waals surface area contributed by atoms with Crippen molar-refractivity contribution in [3.63, 3.8) is 0 Å². The monoisotopic (exact) mass is 371 g/mol. The van der Waals surface area contributed by atoms with Crippen molar-refractivity contribution in [2.75, 3.05) is 0 Å². The number of halogens is 1. The number of hydrogen-bond acceptors (Lipinski definition) is 4. The Bertz CT molecular complexity index is 847. The second-order valence-corrected chi connectivity index (χ2v) is 8.44. The van der Waals surface area contributed by atoms with E-state index in [4.69, 9.17) is 4.74 Å². The Morgan fingerprint density at radius 1 is 1.22 bits per heavy atom. The van der Waals surface area contributed by atoms with E-state index in [1.54, 1.807) is 26.0 Å². The van der Waals surface area contributed by atoms with Crippen LogP contribution in [0.4, 0.5) is 4.39 Å². The highest BCUT2D eigenvalue weighted by Gasteiger charge is 2.43. The van der Waals surface area contributed by atoms with Crippen LogP contribution in [0.3, 0.4) is 0 Å². The highest BCUT2D eigenvalue weighted by molar-refractivity contribution is 6.04. The van der Waals surface area contributed by atoms with Crippen molar-refractivity contribution in [3.8, 4) is 0 Å². The molecule has 1 aromatic carbocycles. The lowest BCUT2D eigenvalue weighted by molar-refractivity contribution is -0.143. The molecule has 5 heteroatoms. The van der Waals surface area contributed by atoms with Gasteiger partial charge in [-0.05, 0) is 50.3 Å². The summed E-state index contributed by atoms with van der Waals surface area (Å²) in [6, 6.07) is 5.99. The summed E-state index contributed by atoms with van der Waals surface area (Å²) in [4.78, 5) is 25.9. The molecule has 0 fully saturated rings. The van der Waals surface area contributed by atoms with Gasteiger partial charge in [0.25, 0.3) is 0 Å². The van der Waals surface area contributed by atoms with Crippen molar-refractivity contribution in [3.05, 3.63) is 58.2 Å². The molecule has 0 bridgehead atoms. The van der Waals surface area contributed by atoms with Gasteiger partial charge in [0, 0.05) is 29.3 Å². The molecule has 27 heavy (non-hydrogen) atoms. The van der Waals surface area contributed by atoms with E-state index >= 15 is 0 Å². The maximum Gasteiger partial charge on any atom is 0.337 e. The molecule has 1 aliphatic heterocycles. The van der Waals surface area contributed by atoms with Gasteiger partial charge in [-0.3, -0.25) is 4.79 Å². The molecule has 0 saturated heterocycles. The molecule has 1 heterocycles.